The summed E-state index contributed by atoms with van der Waals surface area (Å²) in [6, 6.07) is 7.49. The van der Waals surface area contributed by atoms with Crippen LogP contribution in [-0.2, 0) is 10.0 Å². The van der Waals surface area contributed by atoms with Crippen LogP contribution in [0.25, 0.3) is 0 Å². The van der Waals surface area contributed by atoms with E-state index in [-0.39, 0.29) is 27.0 Å². The average molecular weight is 331 g/mol. The van der Waals surface area contributed by atoms with Crippen LogP contribution in [0.2, 0.25) is 5.02 Å². The van der Waals surface area contributed by atoms with Gasteiger partial charge in [0.25, 0.3) is 10.0 Å². The van der Waals surface area contributed by atoms with Gasteiger partial charge in [-0.3, -0.25) is 4.31 Å². The van der Waals surface area contributed by atoms with Gasteiger partial charge in [0.15, 0.2) is 0 Å². The van der Waals surface area contributed by atoms with Crippen LogP contribution < -0.4 is 10.0 Å². The van der Waals surface area contributed by atoms with E-state index in [9.17, 15) is 17.9 Å². The molecule has 21 heavy (non-hydrogen) atoms. The number of hydrogen-bond donors (Lipinski definition) is 2. The molecule has 3 N–H and O–H groups in total. The maximum atomic E-state index is 13.3. The monoisotopic (exact) mass is 330 g/mol. The number of phenolic OH excluding ortho intramolecular Hbond substituents is 1. The summed E-state index contributed by atoms with van der Waals surface area (Å²) in [6.45, 7) is 0. The fraction of sp³-hybridized carbons (Fsp3) is 0.0769. The Morgan fingerprint density at radius 3 is 2.57 bits per heavy atom. The summed E-state index contributed by atoms with van der Waals surface area (Å²) in [5.74, 6) is -0.877. The van der Waals surface area contributed by atoms with Gasteiger partial charge in [-0.2, -0.15) is 0 Å². The Kier molecular flexibility index (Phi) is 3.97. The zero-order chi connectivity index (χ0) is 15.8. The predicted molar refractivity (Wildman–Crippen MR) is 79.5 cm³/mol. The number of nitrogens with zero attached hydrogens (tertiary/aromatic N) is 1. The number of rotatable bonds is 3. The largest absolute Gasteiger partial charge is 0.508 e. The van der Waals surface area contributed by atoms with Crippen molar-refractivity contribution >= 4 is 33.0 Å². The highest BCUT2D eigenvalue weighted by Gasteiger charge is 2.25. The molecule has 0 saturated carbocycles. The number of benzene rings is 2. The zero-order valence-corrected chi connectivity index (χ0v) is 12.5. The fourth-order valence-electron chi connectivity index (χ4n) is 1.72. The Balaban J connectivity index is 2.54. The molecular formula is C13H12ClFN2O3S. The molecule has 0 fully saturated rings. The second kappa shape index (κ2) is 5.42. The van der Waals surface area contributed by atoms with Crippen molar-refractivity contribution < 1.29 is 17.9 Å². The Morgan fingerprint density at radius 1 is 1.29 bits per heavy atom. The number of nitrogens with two attached hydrogens (primary N) is 1. The number of halogens is 2. The molecule has 8 heteroatoms. The van der Waals surface area contributed by atoms with Gasteiger partial charge >= 0.3 is 0 Å². The van der Waals surface area contributed by atoms with Crippen LogP contribution in [0.15, 0.2) is 41.3 Å². The van der Waals surface area contributed by atoms with Crippen LogP contribution >= 0.6 is 11.6 Å². The lowest BCUT2D eigenvalue weighted by Crippen LogP contribution is -2.27. The highest BCUT2D eigenvalue weighted by molar-refractivity contribution is 7.93. The van der Waals surface area contributed by atoms with E-state index in [2.05, 4.69) is 0 Å². The van der Waals surface area contributed by atoms with Crippen molar-refractivity contribution in [1.82, 2.24) is 0 Å². The molecule has 0 aliphatic rings. The first-order valence-corrected chi connectivity index (χ1v) is 7.58. The zero-order valence-electron chi connectivity index (χ0n) is 10.9. The summed E-state index contributed by atoms with van der Waals surface area (Å²) in [7, 11) is -2.74. The number of hydrogen-bond acceptors (Lipinski definition) is 4. The van der Waals surface area contributed by atoms with Crippen molar-refractivity contribution in [3.63, 3.8) is 0 Å². The molecule has 0 heterocycles. The highest BCUT2D eigenvalue weighted by atomic mass is 35.5. The molecule has 0 atom stereocenters. The van der Waals surface area contributed by atoms with E-state index >= 15 is 0 Å². The van der Waals surface area contributed by atoms with E-state index in [1.807, 2.05) is 0 Å². The predicted octanol–water partition coefficient (Wildman–Crippen LogP) is 2.59. The summed E-state index contributed by atoms with van der Waals surface area (Å²) in [5, 5.41) is 9.15. The standard InChI is InChI=1S/C13H12ClFN2O3S/c1-17(8-3-2-4-9(18)5-8)21(19,20)13-7-12(16)11(15)6-10(13)14/h2-7,18H,16H2,1H3. The molecule has 0 spiro atoms. The topological polar surface area (TPSA) is 83.6 Å². The van der Waals surface area contributed by atoms with Gasteiger partial charge in [0, 0.05) is 13.1 Å². The Labute approximate surface area is 126 Å². The Hall–Kier alpha value is -1.99. The van der Waals surface area contributed by atoms with Crippen LogP contribution in [0.1, 0.15) is 0 Å². The van der Waals surface area contributed by atoms with Crippen LogP contribution in [0.4, 0.5) is 15.8 Å². The van der Waals surface area contributed by atoms with E-state index in [1.165, 1.54) is 31.3 Å². The van der Waals surface area contributed by atoms with Gasteiger partial charge in [-0.15, -0.1) is 0 Å². The maximum Gasteiger partial charge on any atom is 0.265 e. The molecule has 0 aromatic heterocycles. The number of aromatic hydroxyl groups is 1. The molecule has 0 amide bonds. The number of anilines is 2. The lowest BCUT2D eigenvalue weighted by atomic mass is 10.3. The molecule has 2 aromatic carbocycles. The molecule has 0 radical (unpaired) electrons. The van der Waals surface area contributed by atoms with Crippen LogP contribution in [-0.4, -0.2) is 20.6 Å². The van der Waals surface area contributed by atoms with Crippen molar-refractivity contribution in [2.45, 2.75) is 4.90 Å². The third kappa shape index (κ3) is 2.88. The summed E-state index contributed by atoms with van der Waals surface area (Å²) >= 11 is 5.80. The highest BCUT2D eigenvalue weighted by Crippen LogP contribution is 2.31. The molecular weight excluding hydrogens is 319 g/mol. The van der Waals surface area contributed by atoms with Crippen LogP contribution in [0.5, 0.6) is 5.75 Å². The van der Waals surface area contributed by atoms with Gasteiger partial charge in [-0.25, -0.2) is 12.8 Å². The summed E-state index contributed by atoms with van der Waals surface area (Å²) in [4.78, 5) is -0.311. The lowest BCUT2D eigenvalue weighted by Gasteiger charge is -2.20. The van der Waals surface area contributed by atoms with Crippen LogP contribution in [0.3, 0.4) is 0 Å². The molecule has 0 unspecified atom stereocenters. The Morgan fingerprint density at radius 2 is 1.95 bits per heavy atom. The van der Waals surface area contributed by atoms with Crippen molar-refractivity contribution in [2.24, 2.45) is 0 Å². The molecule has 2 rings (SSSR count). The van der Waals surface area contributed by atoms with E-state index in [0.717, 1.165) is 16.4 Å². The third-order valence-electron chi connectivity index (χ3n) is 2.88. The number of nitrogen functional groups attached to an aromatic ring is 1. The summed E-state index contributed by atoms with van der Waals surface area (Å²) < 4.78 is 39.2. The quantitative estimate of drug-likeness (QED) is 0.847. The first kappa shape index (κ1) is 15.4. The first-order chi connectivity index (χ1) is 9.73. The fourth-order valence-corrected chi connectivity index (χ4v) is 3.43. The average Bonchev–Trinajstić information content (AvgIpc) is 2.41. The summed E-state index contributed by atoms with van der Waals surface area (Å²) in [6.07, 6.45) is 0. The smallest absolute Gasteiger partial charge is 0.265 e. The number of sulfonamides is 1. The van der Waals surface area contributed by atoms with Gasteiger partial charge in [0.1, 0.15) is 16.5 Å². The van der Waals surface area contributed by atoms with Gasteiger partial charge < -0.3 is 10.8 Å². The lowest BCUT2D eigenvalue weighted by molar-refractivity contribution is 0.475. The summed E-state index contributed by atoms with van der Waals surface area (Å²) in [5.41, 5.74) is 5.31. The van der Waals surface area contributed by atoms with Gasteiger partial charge in [-0.1, -0.05) is 17.7 Å². The molecule has 0 aliphatic carbocycles. The van der Waals surface area contributed by atoms with Crippen LogP contribution in [0, 0.1) is 5.82 Å². The van der Waals surface area contributed by atoms with E-state index in [4.69, 9.17) is 17.3 Å². The first-order valence-electron chi connectivity index (χ1n) is 5.76. The molecule has 5 nitrogen and oxygen atoms in total. The van der Waals surface area contributed by atoms with Crippen molar-refractivity contribution in [1.29, 1.82) is 0 Å². The molecule has 0 aliphatic heterocycles. The van der Waals surface area contributed by atoms with Crippen molar-refractivity contribution in [3.05, 3.63) is 47.2 Å². The van der Waals surface area contributed by atoms with Gasteiger partial charge in [0.05, 0.1) is 16.4 Å². The van der Waals surface area contributed by atoms with E-state index in [1.54, 1.807) is 0 Å². The second-order valence-corrected chi connectivity index (χ2v) is 6.64. The minimum absolute atomic E-state index is 0.0840. The van der Waals surface area contributed by atoms with Gasteiger partial charge in [-0.05, 0) is 24.3 Å². The number of phenols is 1. The van der Waals surface area contributed by atoms with Crippen molar-refractivity contribution in [2.75, 3.05) is 17.1 Å². The molecule has 0 saturated heterocycles. The van der Waals surface area contributed by atoms with E-state index in [0.29, 0.717) is 0 Å². The normalized spacial score (nSPS) is 11.4. The minimum atomic E-state index is -4.04. The van der Waals surface area contributed by atoms with Gasteiger partial charge in [0.2, 0.25) is 0 Å². The minimum Gasteiger partial charge on any atom is -0.508 e. The maximum absolute atomic E-state index is 13.3. The molecule has 112 valence electrons. The third-order valence-corrected chi connectivity index (χ3v) is 5.13. The molecule has 2 aromatic rings. The van der Waals surface area contributed by atoms with E-state index < -0.39 is 15.8 Å². The second-order valence-electron chi connectivity index (χ2n) is 4.30. The molecule has 0 bridgehead atoms. The SMILES string of the molecule is CN(c1cccc(O)c1)S(=O)(=O)c1cc(N)c(F)cc1Cl. The Bertz CT molecular complexity index is 796. The van der Waals surface area contributed by atoms with Crippen molar-refractivity contribution in [3.8, 4) is 5.75 Å².